The third kappa shape index (κ3) is 2.41. The molecule has 0 atom stereocenters. The summed E-state index contributed by atoms with van der Waals surface area (Å²) >= 11 is 0. The molecule has 0 bridgehead atoms. The van der Waals surface area contributed by atoms with E-state index < -0.39 is 12.2 Å². The van der Waals surface area contributed by atoms with E-state index in [0.29, 0.717) is 28.4 Å². The molecule has 0 aliphatic rings. The molecule has 0 saturated carbocycles. The Morgan fingerprint density at radius 1 is 0.958 bits per heavy atom. The first-order valence-corrected chi connectivity index (χ1v) is 6.97. The van der Waals surface area contributed by atoms with Gasteiger partial charge in [0.05, 0.1) is 6.20 Å². The molecule has 0 spiro atoms. The van der Waals surface area contributed by atoms with E-state index in [2.05, 4.69) is 15.2 Å². The smallest absolute Gasteiger partial charge is 0.297 e. The molecule has 4 aromatic rings. The maximum Gasteiger partial charge on any atom is 0.297 e. The predicted octanol–water partition coefficient (Wildman–Crippen LogP) is 4.13. The highest BCUT2D eigenvalue weighted by atomic mass is 19.3. The van der Waals surface area contributed by atoms with E-state index in [1.165, 1.54) is 28.9 Å². The number of pyridine rings is 1. The third-order valence-electron chi connectivity index (χ3n) is 3.51. The van der Waals surface area contributed by atoms with E-state index in [-0.39, 0.29) is 5.82 Å². The van der Waals surface area contributed by atoms with E-state index in [1.54, 1.807) is 24.3 Å². The lowest BCUT2D eigenvalue weighted by Crippen LogP contribution is -1.95. The van der Waals surface area contributed by atoms with Gasteiger partial charge in [0.1, 0.15) is 5.82 Å². The summed E-state index contributed by atoms with van der Waals surface area (Å²) in [5.74, 6) is -0.0960. The Hall–Kier alpha value is -3.16. The van der Waals surface area contributed by atoms with Crippen LogP contribution in [0, 0.1) is 5.82 Å². The molecule has 0 radical (unpaired) electrons. The van der Waals surface area contributed by atoms with Gasteiger partial charge in [-0.3, -0.25) is 4.40 Å². The van der Waals surface area contributed by atoms with Gasteiger partial charge < -0.3 is 4.42 Å². The number of aromatic nitrogens is 4. The molecule has 3 aromatic heterocycles. The summed E-state index contributed by atoms with van der Waals surface area (Å²) in [6.07, 6.45) is 0.206. The zero-order valence-electron chi connectivity index (χ0n) is 12.0. The number of hydrogen-bond donors (Lipinski definition) is 0. The maximum absolute atomic E-state index is 13.0. The van der Waals surface area contributed by atoms with Crippen LogP contribution in [-0.2, 0) is 0 Å². The van der Waals surface area contributed by atoms with Gasteiger partial charge in [0.25, 0.3) is 6.43 Å². The monoisotopic (exact) mass is 330 g/mol. The number of halogens is 3. The van der Waals surface area contributed by atoms with Crippen molar-refractivity contribution in [2.75, 3.05) is 0 Å². The van der Waals surface area contributed by atoms with Crippen LogP contribution in [0.2, 0.25) is 0 Å². The third-order valence-corrected chi connectivity index (χ3v) is 3.51. The fourth-order valence-electron chi connectivity index (χ4n) is 2.34. The number of benzene rings is 1. The molecule has 3 heterocycles. The molecular weight excluding hydrogens is 321 g/mol. The second kappa shape index (κ2) is 5.48. The molecule has 4 rings (SSSR count). The lowest BCUT2D eigenvalue weighted by Gasteiger charge is -2.01. The SMILES string of the molecule is Fc1ccc(-c2ncc(-c3ccc4nnc(C(F)F)n4c3)o2)cc1. The molecule has 0 N–H and O–H groups in total. The number of alkyl halides is 2. The van der Waals surface area contributed by atoms with Gasteiger partial charge in [-0.05, 0) is 36.4 Å². The molecule has 0 unspecified atom stereocenters. The lowest BCUT2D eigenvalue weighted by atomic mass is 10.2. The quantitative estimate of drug-likeness (QED) is 0.567. The van der Waals surface area contributed by atoms with Crippen LogP contribution in [-0.4, -0.2) is 19.6 Å². The average molecular weight is 330 g/mol. The van der Waals surface area contributed by atoms with Crippen molar-refractivity contribution in [3.05, 3.63) is 60.4 Å². The van der Waals surface area contributed by atoms with Gasteiger partial charge in [0, 0.05) is 17.3 Å². The molecular formula is C16H9F3N4O. The number of nitrogens with zero attached hydrogens (tertiary/aromatic N) is 4. The number of rotatable bonds is 3. The minimum atomic E-state index is -2.74. The zero-order valence-corrected chi connectivity index (χ0v) is 12.0. The first-order valence-electron chi connectivity index (χ1n) is 6.97. The molecule has 0 aliphatic carbocycles. The Bertz CT molecular complexity index is 1010. The number of fused-ring (bicyclic) bond motifs is 1. The maximum atomic E-state index is 13.0. The first kappa shape index (κ1) is 14.4. The second-order valence-electron chi connectivity index (χ2n) is 5.04. The van der Waals surface area contributed by atoms with Crippen molar-refractivity contribution in [2.45, 2.75) is 6.43 Å². The van der Waals surface area contributed by atoms with E-state index in [4.69, 9.17) is 4.42 Å². The summed E-state index contributed by atoms with van der Waals surface area (Å²) in [7, 11) is 0. The highest BCUT2D eigenvalue weighted by Crippen LogP contribution is 2.27. The topological polar surface area (TPSA) is 56.2 Å². The summed E-state index contributed by atoms with van der Waals surface area (Å²) in [4.78, 5) is 4.14. The molecule has 24 heavy (non-hydrogen) atoms. The predicted molar refractivity (Wildman–Crippen MR) is 78.8 cm³/mol. The molecule has 0 fully saturated rings. The lowest BCUT2D eigenvalue weighted by molar-refractivity contribution is 0.139. The Labute approximate surface area is 133 Å². The van der Waals surface area contributed by atoms with Gasteiger partial charge in [-0.1, -0.05) is 0 Å². The van der Waals surface area contributed by atoms with Crippen molar-refractivity contribution >= 4 is 5.65 Å². The highest BCUT2D eigenvalue weighted by molar-refractivity contribution is 5.62. The van der Waals surface area contributed by atoms with Gasteiger partial charge in [-0.15, -0.1) is 10.2 Å². The molecule has 120 valence electrons. The summed E-state index contributed by atoms with van der Waals surface area (Å²) in [6, 6.07) is 8.93. The van der Waals surface area contributed by atoms with Crippen molar-refractivity contribution in [3.63, 3.8) is 0 Å². The van der Waals surface area contributed by atoms with Crippen LogP contribution >= 0.6 is 0 Å². The van der Waals surface area contributed by atoms with Crippen molar-refractivity contribution in [2.24, 2.45) is 0 Å². The normalized spacial score (nSPS) is 11.5. The van der Waals surface area contributed by atoms with Gasteiger partial charge >= 0.3 is 0 Å². The van der Waals surface area contributed by atoms with Gasteiger partial charge in [-0.2, -0.15) is 0 Å². The fourth-order valence-corrected chi connectivity index (χ4v) is 2.34. The Kier molecular flexibility index (Phi) is 3.30. The summed E-state index contributed by atoms with van der Waals surface area (Å²) in [6.45, 7) is 0. The summed E-state index contributed by atoms with van der Waals surface area (Å²) in [5.41, 5.74) is 1.47. The van der Waals surface area contributed by atoms with E-state index in [1.807, 2.05) is 0 Å². The number of oxazole rings is 1. The molecule has 0 amide bonds. The van der Waals surface area contributed by atoms with E-state index >= 15 is 0 Å². The van der Waals surface area contributed by atoms with Crippen LogP contribution in [0.5, 0.6) is 0 Å². The average Bonchev–Trinajstić information content (AvgIpc) is 3.22. The molecule has 0 saturated heterocycles. The van der Waals surface area contributed by atoms with Crippen molar-refractivity contribution in [3.8, 4) is 22.8 Å². The van der Waals surface area contributed by atoms with Gasteiger partial charge in [-0.25, -0.2) is 18.2 Å². The molecule has 1 aromatic carbocycles. The standard InChI is InChI=1S/C16H9F3N4O/c17-11-4-1-9(2-5-11)16-20-7-12(24-16)10-3-6-13-21-22-15(14(18)19)23(13)8-10/h1-8,14H. The first-order chi connectivity index (χ1) is 11.6. The van der Waals surface area contributed by atoms with E-state index in [0.717, 1.165) is 0 Å². The minimum absolute atomic E-state index is 0.308. The Balaban J connectivity index is 1.75. The Morgan fingerprint density at radius 3 is 2.46 bits per heavy atom. The zero-order chi connectivity index (χ0) is 16.7. The molecule has 8 heteroatoms. The van der Waals surface area contributed by atoms with Gasteiger partial charge in [0.2, 0.25) is 11.7 Å². The molecule has 5 nitrogen and oxygen atoms in total. The minimum Gasteiger partial charge on any atom is -0.436 e. The largest absolute Gasteiger partial charge is 0.436 e. The van der Waals surface area contributed by atoms with Crippen LogP contribution in [0.1, 0.15) is 12.2 Å². The van der Waals surface area contributed by atoms with Gasteiger partial charge in [0.15, 0.2) is 11.4 Å². The van der Waals surface area contributed by atoms with Crippen molar-refractivity contribution in [1.29, 1.82) is 0 Å². The Morgan fingerprint density at radius 2 is 1.71 bits per heavy atom. The second-order valence-corrected chi connectivity index (χ2v) is 5.04. The van der Waals surface area contributed by atoms with E-state index in [9.17, 15) is 13.2 Å². The summed E-state index contributed by atoms with van der Waals surface area (Å²) < 4.78 is 45.7. The van der Waals surface area contributed by atoms with Crippen LogP contribution < -0.4 is 0 Å². The van der Waals surface area contributed by atoms with Crippen LogP contribution in [0.25, 0.3) is 28.4 Å². The molecule has 0 aliphatic heterocycles. The van der Waals surface area contributed by atoms with Crippen LogP contribution in [0.4, 0.5) is 13.2 Å². The summed E-state index contributed by atoms with van der Waals surface area (Å²) in [5, 5.41) is 7.16. The van der Waals surface area contributed by atoms with Crippen LogP contribution in [0.15, 0.2) is 53.2 Å². The number of hydrogen-bond acceptors (Lipinski definition) is 4. The highest BCUT2D eigenvalue weighted by Gasteiger charge is 2.17. The fraction of sp³-hybridized carbons (Fsp3) is 0.0625. The van der Waals surface area contributed by atoms with Crippen molar-refractivity contribution in [1.82, 2.24) is 19.6 Å². The van der Waals surface area contributed by atoms with Crippen LogP contribution in [0.3, 0.4) is 0 Å². The van der Waals surface area contributed by atoms with Crippen molar-refractivity contribution < 1.29 is 17.6 Å².